The van der Waals surface area contributed by atoms with Crippen molar-refractivity contribution >= 4 is 11.2 Å². The van der Waals surface area contributed by atoms with Crippen LogP contribution in [0.3, 0.4) is 0 Å². The highest BCUT2D eigenvalue weighted by Crippen LogP contribution is 2.29. The minimum atomic E-state index is 0.539. The molecule has 0 saturated carbocycles. The molecule has 172 valence electrons. The lowest BCUT2D eigenvalue weighted by Crippen LogP contribution is -2.07. The number of imidazole rings is 1. The molecule has 35 heavy (non-hydrogen) atoms. The summed E-state index contributed by atoms with van der Waals surface area (Å²) >= 11 is 0. The predicted molar refractivity (Wildman–Crippen MR) is 138 cm³/mol. The first-order valence-corrected chi connectivity index (χ1v) is 11.7. The Labute approximate surface area is 205 Å². The van der Waals surface area contributed by atoms with E-state index < -0.39 is 0 Å². The van der Waals surface area contributed by atoms with E-state index in [-0.39, 0.29) is 0 Å². The van der Waals surface area contributed by atoms with Crippen LogP contribution in [0.1, 0.15) is 40.8 Å². The van der Waals surface area contributed by atoms with Crippen LogP contribution in [0.15, 0.2) is 60.9 Å². The molecule has 0 aliphatic rings. The van der Waals surface area contributed by atoms with Gasteiger partial charge in [0.1, 0.15) is 11.3 Å². The van der Waals surface area contributed by atoms with E-state index in [1.165, 1.54) is 5.56 Å². The maximum atomic E-state index is 9.70. The number of benzene rings is 2. The Bertz CT molecular complexity index is 1590. The summed E-state index contributed by atoms with van der Waals surface area (Å²) in [6.07, 6.45) is 4.33. The van der Waals surface area contributed by atoms with Gasteiger partial charge in [-0.1, -0.05) is 42.8 Å². The third-order valence-electron chi connectivity index (χ3n) is 6.21. The number of hydrogen-bond acceptors (Lipinski definition) is 5. The Balaban J connectivity index is 1.51. The molecule has 0 unspecified atom stereocenters. The summed E-state index contributed by atoms with van der Waals surface area (Å²) in [7, 11) is 0. The highest BCUT2D eigenvalue weighted by molar-refractivity contribution is 5.77. The molecule has 0 aliphatic carbocycles. The molecule has 6 heteroatoms. The van der Waals surface area contributed by atoms with E-state index in [1.54, 1.807) is 12.4 Å². The van der Waals surface area contributed by atoms with Gasteiger partial charge < -0.3 is 4.57 Å². The second-order valence-corrected chi connectivity index (χ2v) is 8.86. The van der Waals surface area contributed by atoms with Crippen LogP contribution in [0.25, 0.3) is 33.5 Å². The minimum absolute atomic E-state index is 0.539. The molecule has 0 radical (unpaired) electrons. The van der Waals surface area contributed by atoms with Crippen LogP contribution in [0, 0.1) is 32.1 Å². The van der Waals surface area contributed by atoms with Gasteiger partial charge in [-0.3, -0.25) is 9.97 Å². The van der Waals surface area contributed by atoms with Crippen molar-refractivity contribution in [2.75, 3.05) is 0 Å². The minimum Gasteiger partial charge on any atom is -0.307 e. The van der Waals surface area contributed by atoms with Gasteiger partial charge in [0.05, 0.1) is 42.0 Å². The molecule has 0 amide bonds. The first kappa shape index (κ1) is 22.4. The standard InChI is InChI=1S/C29H26N6/c1-5-27-34-28-19(3)12-20(4)33-29(28)35(27)17-24-15-32-26(16-31-24)25-13-22(9-10-23(25)14-30)21-8-6-7-18(2)11-21/h6-13,15-16H,5,17H2,1-4H3. The first-order valence-electron chi connectivity index (χ1n) is 11.7. The number of rotatable bonds is 5. The number of fused-ring (bicyclic) bond motifs is 1. The van der Waals surface area contributed by atoms with Gasteiger partial charge >= 0.3 is 0 Å². The van der Waals surface area contributed by atoms with Gasteiger partial charge in [0.25, 0.3) is 0 Å². The fraction of sp³-hybridized carbons (Fsp3) is 0.207. The van der Waals surface area contributed by atoms with Crippen LogP contribution in [-0.4, -0.2) is 24.5 Å². The van der Waals surface area contributed by atoms with Gasteiger partial charge in [0, 0.05) is 17.7 Å². The number of pyridine rings is 1. The summed E-state index contributed by atoms with van der Waals surface area (Å²) in [4.78, 5) is 19.0. The molecule has 3 heterocycles. The average molecular weight is 459 g/mol. The van der Waals surface area contributed by atoms with Crippen LogP contribution in [0.5, 0.6) is 0 Å². The predicted octanol–water partition coefficient (Wildman–Crippen LogP) is 5.96. The molecule has 5 rings (SSSR count). The fourth-order valence-electron chi connectivity index (χ4n) is 4.48. The summed E-state index contributed by atoms with van der Waals surface area (Å²) in [6, 6.07) is 18.5. The lowest BCUT2D eigenvalue weighted by Gasteiger charge is -2.10. The molecule has 3 aromatic heterocycles. The lowest BCUT2D eigenvalue weighted by molar-refractivity contribution is 0.726. The van der Waals surface area contributed by atoms with E-state index in [1.807, 2.05) is 31.2 Å². The number of nitrogens with zero attached hydrogens (tertiary/aromatic N) is 6. The van der Waals surface area contributed by atoms with Crippen molar-refractivity contribution in [2.45, 2.75) is 40.7 Å². The van der Waals surface area contributed by atoms with Gasteiger partial charge in [-0.25, -0.2) is 9.97 Å². The van der Waals surface area contributed by atoms with Gasteiger partial charge in [0.15, 0.2) is 5.65 Å². The Kier molecular flexibility index (Phi) is 5.84. The van der Waals surface area contributed by atoms with Crippen molar-refractivity contribution in [3.63, 3.8) is 0 Å². The number of aromatic nitrogens is 5. The summed E-state index contributed by atoms with van der Waals surface area (Å²) < 4.78 is 2.12. The molecule has 6 nitrogen and oxygen atoms in total. The Hall–Kier alpha value is -4.37. The molecule has 0 aliphatic heterocycles. The van der Waals surface area contributed by atoms with Crippen LogP contribution in [-0.2, 0) is 13.0 Å². The van der Waals surface area contributed by atoms with Crippen LogP contribution < -0.4 is 0 Å². The van der Waals surface area contributed by atoms with Crippen LogP contribution in [0.2, 0.25) is 0 Å². The molecular formula is C29H26N6. The Morgan fingerprint density at radius 2 is 1.74 bits per heavy atom. The van der Waals surface area contributed by atoms with E-state index >= 15 is 0 Å². The summed E-state index contributed by atoms with van der Waals surface area (Å²) in [6.45, 7) is 8.78. The zero-order chi connectivity index (χ0) is 24.5. The van der Waals surface area contributed by atoms with Crippen molar-refractivity contribution in [2.24, 2.45) is 0 Å². The lowest BCUT2D eigenvalue weighted by atomic mass is 9.97. The van der Waals surface area contributed by atoms with E-state index in [9.17, 15) is 5.26 Å². The molecule has 0 fully saturated rings. The highest BCUT2D eigenvalue weighted by atomic mass is 15.1. The van der Waals surface area contributed by atoms with Crippen molar-refractivity contribution in [3.8, 4) is 28.5 Å². The summed E-state index contributed by atoms with van der Waals surface area (Å²) in [5.41, 5.74) is 10.1. The normalized spacial score (nSPS) is 11.1. The second-order valence-electron chi connectivity index (χ2n) is 8.86. The maximum absolute atomic E-state index is 9.70. The highest BCUT2D eigenvalue weighted by Gasteiger charge is 2.15. The van der Waals surface area contributed by atoms with Crippen LogP contribution >= 0.6 is 0 Å². The molecule has 0 N–H and O–H groups in total. The zero-order valence-electron chi connectivity index (χ0n) is 20.4. The smallest absolute Gasteiger partial charge is 0.160 e. The summed E-state index contributed by atoms with van der Waals surface area (Å²) in [5, 5.41) is 9.70. The third-order valence-corrected chi connectivity index (χ3v) is 6.21. The topological polar surface area (TPSA) is 80.3 Å². The molecule has 0 bridgehead atoms. The molecule has 0 atom stereocenters. The number of hydrogen-bond donors (Lipinski definition) is 0. The molecular weight excluding hydrogens is 432 g/mol. The van der Waals surface area contributed by atoms with Gasteiger partial charge in [0.2, 0.25) is 0 Å². The van der Waals surface area contributed by atoms with Crippen molar-refractivity contribution in [1.29, 1.82) is 5.26 Å². The zero-order valence-corrected chi connectivity index (χ0v) is 20.4. The van der Waals surface area contributed by atoms with Crippen molar-refractivity contribution in [1.82, 2.24) is 24.5 Å². The van der Waals surface area contributed by atoms with E-state index in [2.05, 4.69) is 55.7 Å². The largest absolute Gasteiger partial charge is 0.307 e. The third kappa shape index (κ3) is 4.29. The quantitative estimate of drug-likeness (QED) is 0.324. The van der Waals surface area contributed by atoms with Gasteiger partial charge in [-0.2, -0.15) is 5.26 Å². The molecule has 0 spiro atoms. The van der Waals surface area contributed by atoms with Crippen LogP contribution in [0.4, 0.5) is 0 Å². The Morgan fingerprint density at radius 1 is 0.914 bits per heavy atom. The summed E-state index contributed by atoms with van der Waals surface area (Å²) in [5.74, 6) is 0.977. The van der Waals surface area contributed by atoms with E-state index in [0.29, 0.717) is 17.8 Å². The molecule has 0 saturated heterocycles. The molecule has 2 aromatic carbocycles. The monoisotopic (exact) mass is 458 g/mol. The molecule has 5 aromatic rings. The van der Waals surface area contributed by atoms with E-state index in [4.69, 9.17) is 19.9 Å². The van der Waals surface area contributed by atoms with Crippen molar-refractivity contribution < 1.29 is 0 Å². The SMILES string of the molecule is CCc1nc2c(C)cc(C)nc2n1Cc1cnc(-c2cc(-c3cccc(C)c3)ccc2C#N)cn1. The van der Waals surface area contributed by atoms with Crippen molar-refractivity contribution in [3.05, 3.63) is 94.8 Å². The fourth-order valence-corrected chi connectivity index (χ4v) is 4.48. The van der Waals surface area contributed by atoms with Gasteiger partial charge in [-0.05, 0) is 55.7 Å². The number of nitriles is 1. The van der Waals surface area contributed by atoms with Gasteiger partial charge in [-0.15, -0.1) is 0 Å². The first-order chi connectivity index (χ1) is 17.0. The number of aryl methyl sites for hydroxylation is 4. The van der Waals surface area contributed by atoms with E-state index in [0.717, 1.165) is 57.1 Å². The second kappa shape index (κ2) is 9.11. The Morgan fingerprint density at radius 3 is 2.46 bits per heavy atom. The maximum Gasteiger partial charge on any atom is 0.160 e. The average Bonchev–Trinajstić information content (AvgIpc) is 3.21.